The molecule has 5 heteroatoms. The van der Waals surface area contributed by atoms with Crippen molar-refractivity contribution in [2.24, 2.45) is 0 Å². The Bertz CT molecular complexity index is 467. The summed E-state index contributed by atoms with van der Waals surface area (Å²) in [5, 5.41) is 7.12. The Labute approximate surface area is 120 Å². The summed E-state index contributed by atoms with van der Waals surface area (Å²) in [6, 6.07) is 8.58. The fourth-order valence-electron chi connectivity index (χ4n) is 2.85. The van der Waals surface area contributed by atoms with E-state index in [9.17, 15) is 4.79 Å². The van der Waals surface area contributed by atoms with Crippen LogP contribution in [-0.2, 0) is 11.3 Å². The lowest BCUT2D eigenvalue weighted by Gasteiger charge is -2.28. The predicted molar refractivity (Wildman–Crippen MR) is 79.3 cm³/mol. The summed E-state index contributed by atoms with van der Waals surface area (Å²) >= 11 is 0. The molecule has 0 aromatic heterocycles. The van der Waals surface area contributed by atoms with Crippen LogP contribution in [0, 0.1) is 0 Å². The molecule has 0 spiro atoms. The summed E-state index contributed by atoms with van der Waals surface area (Å²) < 4.78 is 0. The summed E-state index contributed by atoms with van der Waals surface area (Å²) in [6.07, 6.45) is 0.610. The van der Waals surface area contributed by atoms with Gasteiger partial charge in [0.1, 0.15) is 0 Å². The van der Waals surface area contributed by atoms with Crippen molar-refractivity contribution < 1.29 is 4.79 Å². The molecule has 2 heterocycles. The topological polar surface area (TPSA) is 38.8 Å². The molecule has 0 radical (unpaired) electrons. The van der Waals surface area contributed by atoms with Crippen molar-refractivity contribution in [3.63, 3.8) is 0 Å². The Morgan fingerprint density at radius 2 is 1.80 bits per heavy atom. The molecule has 0 unspecified atom stereocenters. The van der Waals surface area contributed by atoms with Crippen LogP contribution in [0.2, 0.25) is 0 Å². The van der Waals surface area contributed by atoms with Crippen LogP contribution in [0.3, 0.4) is 0 Å². The highest BCUT2D eigenvalue weighted by Crippen LogP contribution is 2.22. The van der Waals surface area contributed by atoms with Crippen molar-refractivity contribution in [1.29, 1.82) is 0 Å². The third kappa shape index (κ3) is 2.78. The summed E-state index contributed by atoms with van der Waals surface area (Å²) in [4.78, 5) is 14.0. The van der Waals surface area contributed by atoms with E-state index in [0.717, 1.165) is 45.0 Å². The highest BCUT2D eigenvalue weighted by Gasteiger charge is 2.25. The second kappa shape index (κ2) is 5.81. The van der Waals surface area contributed by atoms with Crippen LogP contribution >= 0.6 is 0 Å². The number of benzene rings is 1. The first kappa shape index (κ1) is 13.4. The average Bonchev–Trinajstić information content (AvgIpc) is 2.81. The van der Waals surface area contributed by atoms with Gasteiger partial charge in [-0.15, -0.1) is 0 Å². The lowest BCUT2D eigenvalue weighted by atomic mass is 10.2. The van der Waals surface area contributed by atoms with Gasteiger partial charge in [-0.2, -0.15) is 0 Å². The van der Waals surface area contributed by atoms with E-state index in [-0.39, 0.29) is 5.91 Å². The first-order valence-electron chi connectivity index (χ1n) is 7.30. The number of piperazine rings is 1. The van der Waals surface area contributed by atoms with E-state index in [1.54, 1.807) is 5.01 Å². The van der Waals surface area contributed by atoms with Crippen molar-refractivity contribution in [2.75, 3.05) is 44.8 Å². The van der Waals surface area contributed by atoms with Crippen LogP contribution < -0.4 is 10.3 Å². The number of hydrogen-bond donors (Lipinski definition) is 1. The van der Waals surface area contributed by atoms with Crippen LogP contribution in [0.25, 0.3) is 0 Å². The molecular formula is C15H22N4O. The molecule has 0 bridgehead atoms. The summed E-state index contributed by atoms with van der Waals surface area (Å²) in [5.74, 6) is 0.190. The molecule has 1 amide bonds. The Morgan fingerprint density at radius 1 is 1.10 bits per heavy atom. The lowest BCUT2D eigenvalue weighted by Crippen LogP contribution is -2.42. The second-order valence-electron chi connectivity index (χ2n) is 5.48. The van der Waals surface area contributed by atoms with E-state index in [1.807, 2.05) is 12.1 Å². The number of carbonyl (C=O) groups is 1. The molecule has 2 aliphatic heterocycles. The zero-order valence-electron chi connectivity index (χ0n) is 12.0. The predicted octanol–water partition coefficient (Wildman–Crippen LogP) is 0.675. The van der Waals surface area contributed by atoms with Crippen molar-refractivity contribution in [1.82, 2.24) is 15.2 Å². The monoisotopic (exact) mass is 274 g/mol. The van der Waals surface area contributed by atoms with Crippen molar-refractivity contribution >= 4 is 11.6 Å². The number of amides is 1. The normalized spacial score (nSPS) is 20.8. The average molecular weight is 274 g/mol. The number of rotatable bonds is 3. The molecule has 2 aliphatic rings. The highest BCUT2D eigenvalue weighted by molar-refractivity contribution is 5.81. The van der Waals surface area contributed by atoms with Gasteiger partial charge in [-0.25, -0.2) is 0 Å². The minimum atomic E-state index is 0.190. The molecule has 0 atom stereocenters. The van der Waals surface area contributed by atoms with E-state index >= 15 is 0 Å². The second-order valence-corrected chi connectivity index (χ2v) is 5.48. The Balaban J connectivity index is 1.63. The molecule has 5 nitrogen and oxygen atoms in total. The maximum atomic E-state index is 11.6. The standard InChI is InChI=1S/C15H22N4O/c1-17-15(20)6-9-19(17)14-4-2-13(3-5-14)12-18-10-7-16-8-11-18/h2-5,16H,6-12H2,1H3. The van der Waals surface area contributed by atoms with Gasteiger partial charge in [-0.3, -0.25) is 19.7 Å². The molecule has 1 N–H and O–H groups in total. The van der Waals surface area contributed by atoms with E-state index in [2.05, 4.69) is 34.5 Å². The third-order valence-electron chi connectivity index (χ3n) is 4.11. The minimum absolute atomic E-state index is 0.190. The Hall–Kier alpha value is -1.59. The van der Waals surface area contributed by atoms with Crippen molar-refractivity contribution in [3.8, 4) is 0 Å². The maximum absolute atomic E-state index is 11.6. The number of hydrogen-bond acceptors (Lipinski definition) is 4. The minimum Gasteiger partial charge on any atom is -0.314 e. The zero-order valence-corrected chi connectivity index (χ0v) is 12.0. The van der Waals surface area contributed by atoms with Crippen LogP contribution in [0.15, 0.2) is 24.3 Å². The number of carbonyl (C=O) groups excluding carboxylic acids is 1. The van der Waals surface area contributed by atoms with E-state index in [0.29, 0.717) is 6.42 Å². The van der Waals surface area contributed by atoms with Gasteiger partial charge in [0.2, 0.25) is 5.91 Å². The Morgan fingerprint density at radius 3 is 2.40 bits per heavy atom. The van der Waals surface area contributed by atoms with Gasteiger partial charge < -0.3 is 5.32 Å². The fourth-order valence-corrected chi connectivity index (χ4v) is 2.85. The molecule has 1 aromatic carbocycles. The summed E-state index contributed by atoms with van der Waals surface area (Å²) in [7, 11) is 1.84. The zero-order chi connectivity index (χ0) is 13.9. The number of nitrogens with one attached hydrogen (secondary N) is 1. The molecular weight excluding hydrogens is 252 g/mol. The number of nitrogens with zero attached hydrogens (tertiary/aromatic N) is 3. The van der Waals surface area contributed by atoms with Gasteiger partial charge in [0.25, 0.3) is 0 Å². The van der Waals surface area contributed by atoms with Gasteiger partial charge >= 0.3 is 0 Å². The van der Waals surface area contributed by atoms with Gasteiger partial charge in [-0.05, 0) is 17.7 Å². The molecule has 2 saturated heterocycles. The quantitative estimate of drug-likeness (QED) is 0.879. The maximum Gasteiger partial charge on any atom is 0.242 e. The van der Waals surface area contributed by atoms with Crippen molar-refractivity contribution in [3.05, 3.63) is 29.8 Å². The highest BCUT2D eigenvalue weighted by atomic mass is 16.2. The Kier molecular flexibility index (Phi) is 3.89. The van der Waals surface area contributed by atoms with Crippen molar-refractivity contribution in [2.45, 2.75) is 13.0 Å². The van der Waals surface area contributed by atoms with E-state index in [1.165, 1.54) is 5.56 Å². The van der Waals surface area contributed by atoms with Gasteiger partial charge in [0.05, 0.1) is 5.69 Å². The van der Waals surface area contributed by atoms with Gasteiger partial charge in [-0.1, -0.05) is 12.1 Å². The first-order valence-corrected chi connectivity index (χ1v) is 7.30. The number of anilines is 1. The van der Waals surface area contributed by atoms with Crippen LogP contribution in [0.4, 0.5) is 5.69 Å². The van der Waals surface area contributed by atoms with E-state index < -0.39 is 0 Å². The molecule has 20 heavy (non-hydrogen) atoms. The molecule has 0 aliphatic carbocycles. The summed E-state index contributed by atoms with van der Waals surface area (Å²) in [6.45, 7) is 6.19. The smallest absolute Gasteiger partial charge is 0.242 e. The molecule has 3 rings (SSSR count). The fraction of sp³-hybridized carbons (Fsp3) is 0.533. The third-order valence-corrected chi connectivity index (χ3v) is 4.11. The molecule has 2 fully saturated rings. The number of hydrazine groups is 1. The SMILES string of the molecule is CN1C(=O)CCN1c1ccc(CN2CCNCC2)cc1. The largest absolute Gasteiger partial charge is 0.314 e. The van der Waals surface area contributed by atoms with Crippen LogP contribution in [0.5, 0.6) is 0 Å². The first-order chi connectivity index (χ1) is 9.74. The summed E-state index contributed by atoms with van der Waals surface area (Å²) in [5.41, 5.74) is 2.44. The molecule has 1 aromatic rings. The van der Waals surface area contributed by atoms with Gasteiger partial charge in [0.15, 0.2) is 0 Å². The van der Waals surface area contributed by atoms with Crippen LogP contribution in [0.1, 0.15) is 12.0 Å². The van der Waals surface area contributed by atoms with Crippen LogP contribution in [-0.4, -0.2) is 55.6 Å². The lowest BCUT2D eigenvalue weighted by molar-refractivity contribution is -0.126. The van der Waals surface area contributed by atoms with Gasteiger partial charge in [0, 0.05) is 52.7 Å². The molecule has 108 valence electrons. The van der Waals surface area contributed by atoms with E-state index in [4.69, 9.17) is 0 Å². The molecule has 0 saturated carbocycles.